The van der Waals surface area contributed by atoms with Gasteiger partial charge in [-0.1, -0.05) is 54.6 Å². The van der Waals surface area contributed by atoms with E-state index in [1.807, 2.05) is 24.3 Å². The summed E-state index contributed by atoms with van der Waals surface area (Å²) in [4.78, 5) is 15.5. The van der Waals surface area contributed by atoms with Gasteiger partial charge in [0.15, 0.2) is 0 Å². The minimum atomic E-state index is -0.331. The summed E-state index contributed by atoms with van der Waals surface area (Å²) >= 11 is 0. The highest BCUT2D eigenvalue weighted by Gasteiger charge is 2.16. The molecule has 0 unspecified atom stereocenters. The summed E-state index contributed by atoms with van der Waals surface area (Å²) in [6.07, 6.45) is 3.88. The Balaban J connectivity index is 1.47. The normalized spacial score (nSPS) is 16.3. The molecule has 1 aliphatic rings. The van der Waals surface area contributed by atoms with Crippen molar-refractivity contribution in [3.63, 3.8) is 0 Å². The minimum Gasteiger partial charge on any atom is -0.297 e. The highest BCUT2D eigenvalue weighted by molar-refractivity contribution is 5.60. The van der Waals surface area contributed by atoms with E-state index in [0.29, 0.717) is 5.56 Å². The zero-order valence-corrected chi connectivity index (χ0v) is 14.3. The van der Waals surface area contributed by atoms with Crippen LogP contribution in [0.25, 0.3) is 6.08 Å². The molecule has 1 fully saturated rings. The van der Waals surface area contributed by atoms with Gasteiger partial charge in [-0.2, -0.15) is 0 Å². The number of nitrogens with zero attached hydrogens (tertiary/aromatic N) is 3. The van der Waals surface area contributed by atoms with E-state index in [-0.39, 0.29) is 10.6 Å². The fraction of sp³-hybridized carbons (Fsp3) is 0.300. The van der Waals surface area contributed by atoms with Crippen LogP contribution in [0.4, 0.5) is 5.69 Å². The molecule has 2 aromatic rings. The predicted octanol–water partition coefficient (Wildman–Crippen LogP) is 3.43. The quantitative estimate of drug-likeness (QED) is 0.599. The molecule has 2 aromatic carbocycles. The van der Waals surface area contributed by atoms with Gasteiger partial charge in [-0.15, -0.1) is 0 Å². The number of para-hydroxylation sites is 1. The second-order valence-corrected chi connectivity index (χ2v) is 6.28. The summed E-state index contributed by atoms with van der Waals surface area (Å²) in [5, 5.41) is 11.0. The molecule has 0 saturated carbocycles. The Morgan fingerprint density at radius 3 is 2.28 bits per heavy atom. The van der Waals surface area contributed by atoms with E-state index >= 15 is 0 Å². The number of benzene rings is 2. The first-order valence-electron chi connectivity index (χ1n) is 8.61. The van der Waals surface area contributed by atoms with Crippen molar-refractivity contribution in [2.24, 2.45) is 0 Å². The van der Waals surface area contributed by atoms with Crippen molar-refractivity contribution in [1.82, 2.24) is 9.80 Å². The molecule has 1 saturated heterocycles. The van der Waals surface area contributed by atoms with Crippen LogP contribution < -0.4 is 0 Å². The van der Waals surface area contributed by atoms with Gasteiger partial charge in [0.05, 0.1) is 10.5 Å². The lowest BCUT2D eigenvalue weighted by molar-refractivity contribution is -0.385. The summed E-state index contributed by atoms with van der Waals surface area (Å²) in [7, 11) is 0. The third kappa shape index (κ3) is 4.98. The van der Waals surface area contributed by atoms with Crippen molar-refractivity contribution in [2.45, 2.75) is 6.54 Å². The van der Waals surface area contributed by atoms with Crippen LogP contribution in [0.1, 0.15) is 11.1 Å². The zero-order chi connectivity index (χ0) is 17.5. The maximum atomic E-state index is 11.0. The number of nitro groups is 1. The molecule has 25 heavy (non-hydrogen) atoms. The van der Waals surface area contributed by atoms with Gasteiger partial charge in [-0.25, -0.2) is 0 Å². The Bertz CT molecular complexity index is 723. The Labute approximate surface area is 148 Å². The van der Waals surface area contributed by atoms with Crippen LogP contribution in [0.2, 0.25) is 0 Å². The first kappa shape index (κ1) is 17.3. The molecule has 1 heterocycles. The molecule has 3 rings (SSSR count). The number of nitro benzene ring substituents is 1. The minimum absolute atomic E-state index is 0.159. The third-order valence-electron chi connectivity index (χ3n) is 4.51. The van der Waals surface area contributed by atoms with Crippen LogP contribution in [0, 0.1) is 10.1 Å². The molecular weight excluding hydrogens is 314 g/mol. The van der Waals surface area contributed by atoms with Crippen LogP contribution in [0.15, 0.2) is 60.7 Å². The first-order chi connectivity index (χ1) is 12.2. The first-order valence-corrected chi connectivity index (χ1v) is 8.61. The highest BCUT2D eigenvalue weighted by Crippen LogP contribution is 2.19. The van der Waals surface area contributed by atoms with Crippen LogP contribution >= 0.6 is 0 Å². The smallest absolute Gasteiger partial charge is 0.276 e. The highest BCUT2D eigenvalue weighted by atomic mass is 16.6. The van der Waals surface area contributed by atoms with Gasteiger partial charge >= 0.3 is 0 Å². The maximum absolute atomic E-state index is 11.0. The van der Waals surface area contributed by atoms with E-state index in [1.54, 1.807) is 18.2 Å². The summed E-state index contributed by atoms with van der Waals surface area (Å²) in [6.45, 7) is 5.97. The largest absolute Gasteiger partial charge is 0.297 e. The van der Waals surface area contributed by atoms with Crippen molar-refractivity contribution < 1.29 is 4.92 Å². The SMILES string of the molecule is O=[N+]([O-])c1ccccc1/C=C/CN1CCN(Cc2ccccc2)CC1. The van der Waals surface area contributed by atoms with Gasteiger partial charge in [-0.3, -0.25) is 19.9 Å². The van der Waals surface area contributed by atoms with E-state index < -0.39 is 0 Å². The van der Waals surface area contributed by atoms with Crippen LogP contribution in [-0.2, 0) is 6.54 Å². The number of rotatable bonds is 6. The van der Waals surface area contributed by atoms with E-state index in [1.165, 1.54) is 5.56 Å². The number of hydrogen-bond acceptors (Lipinski definition) is 4. The van der Waals surface area contributed by atoms with Crippen molar-refractivity contribution >= 4 is 11.8 Å². The predicted molar refractivity (Wildman–Crippen MR) is 100 cm³/mol. The lowest BCUT2D eigenvalue weighted by Gasteiger charge is -2.34. The monoisotopic (exact) mass is 337 g/mol. The molecule has 0 spiro atoms. The lowest BCUT2D eigenvalue weighted by atomic mass is 10.1. The number of piperazine rings is 1. The average molecular weight is 337 g/mol. The molecule has 1 aliphatic heterocycles. The Morgan fingerprint density at radius 2 is 1.56 bits per heavy atom. The van der Waals surface area contributed by atoms with Crippen molar-refractivity contribution in [1.29, 1.82) is 0 Å². The molecule has 5 heteroatoms. The van der Waals surface area contributed by atoms with Crippen molar-refractivity contribution in [3.8, 4) is 0 Å². The zero-order valence-electron chi connectivity index (χ0n) is 14.3. The second kappa shape index (κ2) is 8.55. The van der Waals surface area contributed by atoms with E-state index in [2.05, 4.69) is 34.1 Å². The van der Waals surface area contributed by atoms with Crippen LogP contribution in [0.3, 0.4) is 0 Å². The molecule has 5 nitrogen and oxygen atoms in total. The van der Waals surface area contributed by atoms with Crippen molar-refractivity contribution in [2.75, 3.05) is 32.7 Å². The van der Waals surface area contributed by atoms with Crippen LogP contribution in [0.5, 0.6) is 0 Å². The van der Waals surface area contributed by atoms with Gasteiger partial charge in [0, 0.05) is 45.3 Å². The van der Waals surface area contributed by atoms with Gasteiger partial charge in [-0.05, 0) is 11.6 Å². The Kier molecular flexibility index (Phi) is 5.93. The standard InChI is InChI=1S/C20H23N3O2/c24-23(25)20-11-5-4-9-19(20)10-6-12-21-13-15-22(16-14-21)17-18-7-2-1-3-8-18/h1-11H,12-17H2/b10-6+. The third-order valence-corrected chi connectivity index (χ3v) is 4.51. The molecule has 0 atom stereocenters. The molecule has 0 radical (unpaired) electrons. The molecule has 0 bridgehead atoms. The van der Waals surface area contributed by atoms with E-state index in [4.69, 9.17) is 0 Å². The molecule has 0 amide bonds. The fourth-order valence-electron chi connectivity index (χ4n) is 3.10. The van der Waals surface area contributed by atoms with Gasteiger partial charge in [0.25, 0.3) is 5.69 Å². The van der Waals surface area contributed by atoms with Gasteiger partial charge in [0.1, 0.15) is 0 Å². The molecule has 0 N–H and O–H groups in total. The second-order valence-electron chi connectivity index (χ2n) is 6.28. The molecule has 0 aromatic heterocycles. The Hall–Kier alpha value is -2.50. The fourth-order valence-corrected chi connectivity index (χ4v) is 3.10. The summed E-state index contributed by atoms with van der Waals surface area (Å²) < 4.78 is 0. The summed E-state index contributed by atoms with van der Waals surface area (Å²) in [5.74, 6) is 0. The Morgan fingerprint density at radius 1 is 0.920 bits per heavy atom. The number of hydrogen-bond donors (Lipinski definition) is 0. The van der Waals surface area contributed by atoms with Gasteiger partial charge in [0.2, 0.25) is 0 Å². The van der Waals surface area contributed by atoms with E-state index in [9.17, 15) is 10.1 Å². The van der Waals surface area contributed by atoms with Crippen LogP contribution in [-0.4, -0.2) is 47.4 Å². The van der Waals surface area contributed by atoms with Gasteiger partial charge < -0.3 is 0 Å². The maximum Gasteiger partial charge on any atom is 0.276 e. The van der Waals surface area contributed by atoms with Crippen molar-refractivity contribution in [3.05, 3.63) is 81.9 Å². The molecule has 0 aliphatic carbocycles. The summed E-state index contributed by atoms with van der Waals surface area (Å²) in [5.41, 5.74) is 2.17. The molecule has 130 valence electrons. The molecular formula is C20H23N3O2. The topological polar surface area (TPSA) is 49.6 Å². The lowest BCUT2D eigenvalue weighted by Crippen LogP contribution is -2.45. The average Bonchev–Trinajstić information content (AvgIpc) is 2.64. The van der Waals surface area contributed by atoms with E-state index in [0.717, 1.165) is 39.3 Å². The summed E-state index contributed by atoms with van der Waals surface area (Å²) in [6, 6.07) is 17.4.